The van der Waals surface area contributed by atoms with E-state index in [-0.39, 0.29) is 11.1 Å². The van der Waals surface area contributed by atoms with Crippen LogP contribution in [0.5, 0.6) is 0 Å². The van der Waals surface area contributed by atoms with E-state index < -0.39 is 11.8 Å². The molecule has 1 aromatic heterocycles. The number of rotatable bonds is 3. The van der Waals surface area contributed by atoms with Crippen molar-refractivity contribution >= 4 is 32.7 Å². The molecule has 0 saturated heterocycles. The summed E-state index contributed by atoms with van der Waals surface area (Å²) in [5.74, 6) is -1.39. The van der Waals surface area contributed by atoms with Crippen molar-refractivity contribution in [2.24, 2.45) is 0 Å². The molecule has 24 heavy (non-hydrogen) atoms. The van der Waals surface area contributed by atoms with Crippen LogP contribution in [0.3, 0.4) is 0 Å². The molecular formula is C17H12BrFN2O3. The number of hydrogen-bond acceptors (Lipinski definition) is 4. The zero-order valence-corrected chi connectivity index (χ0v) is 14.2. The molecule has 0 atom stereocenters. The second-order valence-corrected chi connectivity index (χ2v) is 6.09. The first-order valence-electron chi connectivity index (χ1n) is 7.03. The number of halogens is 2. The van der Waals surface area contributed by atoms with Gasteiger partial charge in [0, 0.05) is 16.3 Å². The summed E-state index contributed by atoms with van der Waals surface area (Å²) >= 11 is 3.38. The molecule has 3 aromatic rings. The van der Waals surface area contributed by atoms with Gasteiger partial charge in [0.15, 0.2) is 0 Å². The molecule has 1 heterocycles. The number of H-pyrrole nitrogens is 1. The normalized spacial score (nSPS) is 10.8. The molecule has 0 fully saturated rings. The minimum Gasteiger partial charge on any atom is -0.465 e. The monoisotopic (exact) mass is 390 g/mol. The maximum Gasteiger partial charge on any atom is 0.340 e. The Hall–Kier alpha value is -2.54. The SMILES string of the molecule is COC(=O)c1cc(Cc2n[nH]c(=O)c3ccc(Br)cc23)ccc1F. The number of methoxy groups -OCH3 is 1. The number of aromatic amines is 1. The Balaban J connectivity index is 2.08. The van der Waals surface area contributed by atoms with Gasteiger partial charge in [0.25, 0.3) is 5.56 Å². The fourth-order valence-corrected chi connectivity index (χ4v) is 2.83. The summed E-state index contributed by atoms with van der Waals surface area (Å²) in [6.45, 7) is 0. The summed E-state index contributed by atoms with van der Waals surface area (Å²) < 4.78 is 19.1. The van der Waals surface area contributed by atoms with Crippen LogP contribution in [0.2, 0.25) is 0 Å². The van der Waals surface area contributed by atoms with Crippen molar-refractivity contribution in [3.63, 3.8) is 0 Å². The fourth-order valence-electron chi connectivity index (χ4n) is 2.47. The Labute approximate surface area is 144 Å². The zero-order chi connectivity index (χ0) is 17.3. The third-order valence-electron chi connectivity index (χ3n) is 3.64. The van der Waals surface area contributed by atoms with Gasteiger partial charge in [-0.1, -0.05) is 22.0 Å². The highest BCUT2D eigenvalue weighted by atomic mass is 79.9. The van der Waals surface area contributed by atoms with Gasteiger partial charge >= 0.3 is 5.97 Å². The predicted molar refractivity (Wildman–Crippen MR) is 90.6 cm³/mol. The van der Waals surface area contributed by atoms with Crippen LogP contribution in [0.25, 0.3) is 10.8 Å². The number of fused-ring (bicyclic) bond motifs is 1. The number of carbonyl (C=O) groups is 1. The van der Waals surface area contributed by atoms with Crippen molar-refractivity contribution in [2.75, 3.05) is 7.11 Å². The number of hydrogen-bond donors (Lipinski definition) is 1. The van der Waals surface area contributed by atoms with Crippen LogP contribution in [0.15, 0.2) is 45.7 Å². The molecule has 1 N–H and O–H groups in total. The molecule has 0 bridgehead atoms. The van der Waals surface area contributed by atoms with Crippen LogP contribution in [0.1, 0.15) is 21.6 Å². The quantitative estimate of drug-likeness (QED) is 0.697. The van der Waals surface area contributed by atoms with E-state index >= 15 is 0 Å². The summed E-state index contributed by atoms with van der Waals surface area (Å²) in [4.78, 5) is 23.5. The van der Waals surface area contributed by atoms with E-state index in [0.717, 1.165) is 4.47 Å². The Morgan fingerprint density at radius 3 is 2.79 bits per heavy atom. The van der Waals surface area contributed by atoms with E-state index in [1.165, 1.54) is 19.2 Å². The number of aromatic nitrogens is 2. The topological polar surface area (TPSA) is 72.0 Å². The maximum atomic E-state index is 13.7. The summed E-state index contributed by atoms with van der Waals surface area (Å²) in [5.41, 5.74) is 0.881. The maximum absolute atomic E-state index is 13.7. The number of nitrogens with zero attached hydrogens (tertiary/aromatic N) is 1. The lowest BCUT2D eigenvalue weighted by Crippen LogP contribution is -2.12. The lowest BCUT2D eigenvalue weighted by molar-refractivity contribution is 0.0595. The molecule has 122 valence electrons. The van der Waals surface area contributed by atoms with Crippen LogP contribution >= 0.6 is 15.9 Å². The van der Waals surface area contributed by atoms with E-state index in [1.807, 2.05) is 0 Å². The summed E-state index contributed by atoms with van der Waals surface area (Å²) in [6, 6.07) is 9.49. The average molecular weight is 391 g/mol. The van der Waals surface area contributed by atoms with Gasteiger partial charge in [-0.05, 0) is 35.9 Å². The Bertz CT molecular complexity index is 1000. The van der Waals surface area contributed by atoms with E-state index in [9.17, 15) is 14.0 Å². The van der Waals surface area contributed by atoms with Crippen molar-refractivity contribution in [3.8, 4) is 0 Å². The van der Waals surface area contributed by atoms with Gasteiger partial charge in [-0.25, -0.2) is 14.3 Å². The van der Waals surface area contributed by atoms with Gasteiger partial charge in [-0.2, -0.15) is 5.10 Å². The summed E-state index contributed by atoms with van der Waals surface area (Å²) in [5, 5.41) is 7.75. The first-order chi connectivity index (χ1) is 11.5. The third-order valence-corrected chi connectivity index (χ3v) is 4.13. The standard InChI is InChI=1S/C17H12BrFN2O3/c1-24-17(23)13-6-9(2-5-14(13)19)7-15-12-8-10(18)3-4-11(12)16(22)21-20-15/h2-6,8H,7H2,1H3,(H,21,22). The highest BCUT2D eigenvalue weighted by molar-refractivity contribution is 9.10. The molecule has 0 aliphatic heterocycles. The Kier molecular flexibility index (Phi) is 4.44. The molecule has 5 nitrogen and oxygen atoms in total. The first kappa shape index (κ1) is 16.3. The number of nitrogens with one attached hydrogen (secondary N) is 1. The molecule has 3 rings (SSSR count). The predicted octanol–water partition coefficient (Wildman–Crippen LogP) is 3.20. The molecule has 0 aliphatic carbocycles. The van der Waals surface area contributed by atoms with Crippen LogP contribution in [-0.2, 0) is 11.2 Å². The number of carbonyl (C=O) groups excluding carboxylic acids is 1. The zero-order valence-electron chi connectivity index (χ0n) is 12.6. The van der Waals surface area contributed by atoms with Crippen molar-refractivity contribution in [2.45, 2.75) is 6.42 Å². The molecule has 0 unspecified atom stereocenters. The Morgan fingerprint density at radius 1 is 1.25 bits per heavy atom. The molecule has 2 aromatic carbocycles. The molecular weight excluding hydrogens is 379 g/mol. The number of benzene rings is 2. The molecule has 0 saturated carbocycles. The second kappa shape index (κ2) is 6.52. The third kappa shape index (κ3) is 3.07. The Morgan fingerprint density at radius 2 is 2.04 bits per heavy atom. The van der Waals surface area contributed by atoms with Gasteiger partial charge in [0.05, 0.1) is 23.8 Å². The van der Waals surface area contributed by atoms with Gasteiger partial charge in [0.2, 0.25) is 0 Å². The molecule has 0 amide bonds. The average Bonchev–Trinajstić information content (AvgIpc) is 2.58. The lowest BCUT2D eigenvalue weighted by Gasteiger charge is -2.08. The van der Waals surface area contributed by atoms with Gasteiger partial charge in [-0.15, -0.1) is 0 Å². The minimum atomic E-state index is -0.739. The van der Waals surface area contributed by atoms with E-state index in [4.69, 9.17) is 0 Å². The lowest BCUT2D eigenvalue weighted by atomic mass is 10.0. The van der Waals surface area contributed by atoms with Crippen molar-refractivity contribution < 1.29 is 13.9 Å². The van der Waals surface area contributed by atoms with Crippen molar-refractivity contribution in [3.05, 3.63) is 73.9 Å². The number of ether oxygens (including phenoxy) is 1. The number of esters is 1. The van der Waals surface area contributed by atoms with Crippen LogP contribution in [0, 0.1) is 5.82 Å². The highest BCUT2D eigenvalue weighted by Crippen LogP contribution is 2.22. The summed E-state index contributed by atoms with van der Waals surface area (Å²) in [6.07, 6.45) is 0.327. The smallest absolute Gasteiger partial charge is 0.340 e. The van der Waals surface area contributed by atoms with Crippen LogP contribution in [0.4, 0.5) is 4.39 Å². The van der Waals surface area contributed by atoms with Gasteiger partial charge < -0.3 is 4.74 Å². The van der Waals surface area contributed by atoms with Crippen LogP contribution in [-0.4, -0.2) is 23.3 Å². The molecule has 7 heteroatoms. The molecule has 0 aliphatic rings. The first-order valence-corrected chi connectivity index (χ1v) is 7.82. The van der Waals surface area contributed by atoms with Crippen molar-refractivity contribution in [1.82, 2.24) is 10.2 Å². The van der Waals surface area contributed by atoms with Gasteiger partial charge in [0.1, 0.15) is 5.82 Å². The summed E-state index contributed by atoms with van der Waals surface area (Å²) in [7, 11) is 1.20. The van der Waals surface area contributed by atoms with Crippen LogP contribution < -0.4 is 5.56 Å². The molecule has 0 spiro atoms. The highest BCUT2D eigenvalue weighted by Gasteiger charge is 2.14. The van der Waals surface area contributed by atoms with Crippen molar-refractivity contribution in [1.29, 1.82) is 0 Å². The van der Waals surface area contributed by atoms with E-state index in [2.05, 4.69) is 30.9 Å². The molecule has 0 radical (unpaired) electrons. The van der Waals surface area contributed by atoms with Gasteiger partial charge in [-0.3, -0.25) is 4.79 Å². The van der Waals surface area contributed by atoms with E-state index in [0.29, 0.717) is 28.5 Å². The fraction of sp³-hybridized carbons (Fsp3) is 0.118. The van der Waals surface area contributed by atoms with E-state index in [1.54, 1.807) is 24.3 Å². The largest absolute Gasteiger partial charge is 0.465 e. The minimum absolute atomic E-state index is 0.134. The second-order valence-electron chi connectivity index (χ2n) is 5.17.